The molecule has 7 rings (SSSR count). The number of nitrogens with one attached hydrogen (secondary N) is 1. The maximum absolute atomic E-state index is 16.3. The Morgan fingerprint density at radius 2 is 1.65 bits per heavy atom. The lowest BCUT2D eigenvalue weighted by molar-refractivity contribution is 0.00584. The van der Waals surface area contributed by atoms with Crippen LogP contribution in [0.2, 0.25) is 0 Å². The van der Waals surface area contributed by atoms with Crippen LogP contribution in [0.25, 0.3) is 0 Å². The second-order valence-corrected chi connectivity index (χ2v) is 18.0. The summed E-state index contributed by atoms with van der Waals surface area (Å²) in [4.78, 5) is 36.7. The molecular weight excluding hydrogens is 727 g/mol. The minimum atomic E-state index is -3.86. The Kier molecular flexibility index (Phi) is 11.2. The van der Waals surface area contributed by atoms with Gasteiger partial charge >= 0.3 is 6.09 Å². The fraction of sp³-hybridized carbons (Fsp3) is 0.537. The molecule has 0 spiro atoms. The van der Waals surface area contributed by atoms with Crippen molar-refractivity contribution in [3.05, 3.63) is 83.9 Å². The molecule has 3 aliphatic heterocycles. The SMILES string of the molecule is COC(=O)N[C@H]1CCC[C@@H]1C(CN1CCC1)(c1cccc(F)c1)C1CCN(CC2(F)CN(c3ccc(S(=O)(=O)c4ccc(C(=O)N(C)C)nc4)cc3)C2)CC1. The summed E-state index contributed by atoms with van der Waals surface area (Å²) in [6.45, 7) is 4.96. The Morgan fingerprint density at radius 1 is 0.945 bits per heavy atom. The first-order valence-electron chi connectivity index (χ1n) is 19.3. The number of piperidine rings is 1. The number of anilines is 1. The molecule has 1 N–H and O–H groups in total. The van der Waals surface area contributed by atoms with E-state index in [1.54, 1.807) is 38.4 Å². The molecule has 2 amide bonds. The zero-order chi connectivity index (χ0) is 39.0. The largest absolute Gasteiger partial charge is 0.453 e. The first-order chi connectivity index (χ1) is 26.3. The topological polar surface area (TPSA) is 115 Å². The van der Waals surface area contributed by atoms with Crippen LogP contribution in [0.1, 0.15) is 54.6 Å². The minimum absolute atomic E-state index is 0.0132. The molecule has 4 heterocycles. The number of hydrogen-bond acceptors (Lipinski definition) is 9. The number of likely N-dealkylation sites (tertiary alicyclic amines) is 2. The van der Waals surface area contributed by atoms with E-state index >= 15 is 4.39 Å². The summed E-state index contributed by atoms with van der Waals surface area (Å²) in [6, 6.07) is 16.2. The molecule has 2 aromatic carbocycles. The van der Waals surface area contributed by atoms with Gasteiger partial charge in [-0.25, -0.2) is 27.0 Å². The van der Waals surface area contributed by atoms with Gasteiger partial charge in [0.2, 0.25) is 9.84 Å². The maximum atomic E-state index is 16.3. The van der Waals surface area contributed by atoms with E-state index in [9.17, 15) is 22.4 Å². The molecule has 3 saturated heterocycles. The fourth-order valence-electron chi connectivity index (χ4n) is 9.53. The second kappa shape index (κ2) is 15.8. The van der Waals surface area contributed by atoms with Gasteiger partial charge in [-0.3, -0.25) is 9.69 Å². The van der Waals surface area contributed by atoms with Gasteiger partial charge in [-0.05, 0) is 124 Å². The molecule has 3 atom stereocenters. The number of hydrogen-bond donors (Lipinski definition) is 1. The van der Waals surface area contributed by atoms with E-state index < -0.39 is 21.6 Å². The van der Waals surface area contributed by atoms with Gasteiger partial charge in [0, 0.05) is 50.5 Å². The third-order valence-electron chi connectivity index (χ3n) is 12.4. The van der Waals surface area contributed by atoms with E-state index in [0.29, 0.717) is 6.54 Å². The molecule has 296 valence electrons. The number of alkyl halides is 1. The van der Waals surface area contributed by atoms with Crippen molar-refractivity contribution in [1.82, 2.24) is 25.0 Å². The second-order valence-electron chi connectivity index (χ2n) is 16.1. The average Bonchev–Trinajstić information content (AvgIpc) is 3.62. The highest BCUT2D eigenvalue weighted by atomic mass is 32.2. The number of ether oxygens (including phenoxy) is 1. The van der Waals surface area contributed by atoms with Gasteiger partial charge in [0.25, 0.3) is 5.91 Å². The number of nitrogens with zero attached hydrogens (tertiary/aromatic N) is 5. The average molecular weight is 779 g/mol. The number of benzene rings is 2. The van der Waals surface area contributed by atoms with Crippen LogP contribution in [-0.2, 0) is 20.0 Å². The number of rotatable bonds is 12. The zero-order valence-electron chi connectivity index (χ0n) is 31.9. The third-order valence-corrected chi connectivity index (χ3v) is 14.2. The van der Waals surface area contributed by atoms with Crippen molar-refractivity contribution in [2.75, 3.05) is 78.5 Å². The van der Waals surface area contributed by atoms with E-state index in [0.717, 1.165) is 82.5 Å². The van der Waals surface area contributed by atoms with Gasteiger partial charge in [-0.2, -0.15) is 0 Å². The molecule has 0 bridgehead atoms. The fourth-order valence-corrected chi connectivity index (χ4v) is 10.7. The lowest BCUT2D eigenvalue weighted by atomic mass is 9.57. The molecule has 3 aromatic rings. The Labute approximate surface area is 322 Å². The zero-order valence-corrected chi connectivity index (χ0v) is 32.7. The molecule has 1 saturated carbocycles. The van der Waals surface area contributed by atoms with Gasteiger partial charge in [-0.1, -0.05) is 18.6 Å². The number of carbonyl (C=O) groups excluding carboxylic acids is 2. The predicted molar refractivity (Wildman–Crippen MR) is 205 cm³/mol. The summed E-state index contributed by atoms with van der Waals surface area (Å²) in [5, 5.41) is 3.13. The van der Waals surface area contributed by atoms with E-state index in [1.807, 2.05) is 4.90 Å². The number of amides is 2. The molecule has 1 aliphatic carbocycles. The summed E-state index contributed by atoms with van der Waals surface area (Å²) in [5.41, 5.74) is 0.0917. The van der Waals surface area contributed by atoms with Crippen LogP contribution in [0.3, 0.4) is 0 Å². The van der Waals surface area contributed by atoms with Crippen molar-refractivity contribution in [2.45, 2.75) is 65.4 Å². The number of halogens is 2. The highest BCUT2D eigenvalue weighted by Gasteiger charge is 2.54. The number of carbonyl (C=O) groups is 2. The first-order valence-corrected chi connectivity index (χ1v) is 20.8. The Balaban J connectivity index is 1.01. The molecule has 14 heteroatoms. The third kappa shape index (κ3) is 7.95. The summed E-state index contributed by atoms with van der Waals surface area (Å²) in [5.74, 6) is -0.255. The monoisotopic (exact) mass is 778 g/mol. The van der Waals surface area contributed by atoms with Crippen molar-refractivity contribution in [3.8, 4) is 0 Å². The maximum Gasteiger partial charge on any atom is 0.407 e. The van der Waals surface area contributed by atoms with E-state index in [2.05, 4.69) is 26.2 Å². The first kappa shape index (κ1) is 39.1. The molecule has 0 radical (unpaired) electrons. The standard InChI is InChI=1S/C41H52F2N6O5S/c1-46(2)38(50)37-16-15-34(24-44-37)55(52,53)33-13-11-32(12-14-33)49-26-40(43,27-49)25-48-21-17-29(18-22-48)41(28-47-19-6-20-47,30-7-4-8-31(42)23-30)35-9-5-10-36(35)45-39(51)54-3/h4,7-8,11-16,23-24,29,35-36H,5-6,9-10,17-22,25-28H2,1-3H3,(H,45,51)/t35-,36-,41?/m0/s1. The number of methoxy groups -OCH3 is 1. The van der Waals surface area contributed by atoms with Crippen molar-refractivity contribution in [3.63, 3.8) is 0 Å². The van der Waals surface area contributed by atoms with Crippen LogP contribution in [-0.4, -0.2) is 125 Å². The van der Waals surface area contributed by atoms with E-state index in [-0.39, 0.29) is 63.6 Å². The van der Waals surface area contributed by atoms with Gasteiger partial charge in [0.15, 0.2) is 5.67 Å². The quantitative estimate of drug-likeness (QED) is 0.266. The number of alkyl carbamates (subject to hydrolysis) is 1. The van der Waals surface area contributed by atoms with Crippen molar-refractivity contribution in [1.29, 1.82) is 0 Å². The van der Waals surface area contributed by atoms with Crippen molar-refractivity contribution >= 4 is 27.5 Å². The van der Waals surface area contributed by atoms with Gasteiger partial charge in [0.05, 0.1) is 30.0 Å². The number of pyridine rings is 1. The molecule has 1 aromatic heterocycles. The predicted octanol–water partition coefficient (Wildman–Crippen LogP) is 5.16. The molecule has 1 unspecified atom stereocenters. The lowest BCUT2D eigenvalue weighted by Gasteiger charge is -2.54. The Bertz CT molecular complexity index is 1950. The van der Waals surface area contributed by atoms with Crippen LogP contribution in [0.15, 0.2) is 76.7 Å². The van der Waals surface area contributed by atoms with Crippen molar-refractivity contribution in [2.24, 2.45) is 11.8 Å². The summed E-state index contributed by atoms with van der Waals surface area (Å²) >= 11 is 0. The van der Waals surface area contributed by atoms with Gasteiger partial charge in [-0.15, -0.1) is 0 Å². The molecule has 4 fully saturated rings. The van der Waals surface area contributed by atoms with Crippen LogP contribution in [0.4, 0.5) is 19.3 Å². The van der Waals surface area contributed by atoms with Crippen LogP contribution < -0.4 is 10.2 Å². The summed E-state index contributed by atoms with van der Waals surface area (Å²) in [7, 11) is 0.719. The number of aromatic nitrogens is 1. The van der Waals surface area contributed by atoms with Crippen LogP contribution in [0, 0.1) is 17.7 Å². The molecule has 4 aliphatic rings. The van der Waals surface area contributed by atoms with E-state index in [4.69, 9.17) is 4.74 Å². The highest BCUT2D eigenvalue weighted by Crippen LogP contribution is 2.51. The number of sulfone groups is 1. The smallest absolute Gasteiger partial charge is 0.407 e. The van der Waals surface area contributed by atoms with Gasteiger partial charge < -0.3 is 24.8 Å². The Morgan fingerprint density at radius 3 is 2.25 bits per heavy atom. The molecular formula is C41H52F2N6O5S. The normalized spacial score (nSPS) is 23.0. The minimum Gasteiger partial charge on any atom is -0.453 e. The van der Waals surface area contributed by atoms with E-state index in [1.165, 1.54) is 48.5 Å². The molecule has 11 nitrogen and oxygen atoms in total. The van der Waals surface area contributed by atoms with Gasteiger partial charge in [0.1, 0.15) is 11.5 Å². The van der Waals surface area contributed by atoms with Crippen molar-refractivity contribution < 1.29 is 31.5 Å². The lowest BCUT2D eigenvalue weighted by Crippen LogP contribution is -2.65. The summed E-state index contributed by atoms with van der Waals surface area (Å²) < 4.78 is 62.8. The van der Waals surface area contributed by atoms with Crippen LogP contribution in [0.5, 0.6) is 0 Å². The Hall–Kier alpha value is -4.14. The molecule has 55 heavy (non-hydrogen) atoms. The van der Waals surface area contributed by atoms with Crippen LogP contribution >= 0.6 is 0 Å². The highest BCUT2D eigenvalue weighted by molar-refractivity contribution is 7.91. The summed E-state index contributed by atoms with van der Waals surface area (Å²) in [6.07, 6.45) is 6.32.